The van der Waals surface area contributed by atoms with Gasteiger partial charge in [0.2, 0.25) is 5.91 Å². The Kier molecular flexibility index (Phi) is 6.13. The lowest BCUT2D eigenvalue weighted by Crippen LogP contribution is -2.53. The highest BCUT2D eigenvalue weighted by atomic mass is 16.2. The molecule has 0 saturated heterocycles. The third-order valence-corrected chi connectivity index (χ3v) is 3.83. The number of nitrogens with one attached hydrogen (secondary N) is 2. The van der Waals surface area contributed by atoms with Crippen LogP contribution in [0.4, 0.5) is 0 Å². The van der Waals surface area contributed by atoms with Gasteiger partial charge < -0.3 is 10.6 Å². The van der Waals surface area contributed by atoms with Crippen LogP contribution in [0.2, 0.25) is 0 Å². The standard InChI is InChI=1S/C15H30N2O/c1-5-11-15(3,4)17-12(2)14(18)16-13-9-7-6-8-10-13/h12-13,17H,5-11H2,1-4H3,(H,16,18). The number of hydrogen-bond donors (Lipinski definition) is 2. The van der Waals surface area contributed by atoms with E-state index in [2.05, 4.69) is 31.4 Å². The van der Waals surface area contributed by atoms with E-state index in [1.807, 2.05) is 6.92 Å². The van der Waals surface area contributed by atoms with E-state index in [1.54, 1.807) is 0 Å². The molecule has 0 aliphatic heterocycles. The first-order valence-electron chi connectivity index (χ1n) is 7.52. The summed E-state index contributed by atoms with van der Waals surface area (Å²) in [5, 5.41) is 6.62. The molecule has 0 spiro atoms. The van der Waals surface area contributed by atoms with Gasteiger partial charge in [-0.15, -0.1) is 0 Å². The molecule has 3 heteroatoms. The van der Waals surface area contributed by atoms with Gasteiger partial charge in [0.1, 0.15) is 0 Å². The van der Waals surface area contributed by atoms with Crippen LogP contribution in [0.5, 0.6) is 0 Å². The molecule has 106 valence electrons. The van der Waals surface area contributed by atoms with Gasteiger partial charge in [-0.2, -0.15) is 0 Å². The van der Waals surface area contributed by atoms with E-state index in [4.69, 9.17) is 0 Å². The van der Waals surface area contributed by atoms with Crippen LogP contribution in [0.1, 0.15) is 72.6 Å². The van der Waals surface area contributed by atoms with Crippen molar-refractivity contribution < 1.29 is 4.79 Å². The van der Waals surface area contributed by atoms with Crippen LogP contribution in [-0.2, 0) is 4.79 Å². The zero-order valence-electron chi connectivity index (χ0n) is 12.5. The first-order valence-corrected chi connectivity index (χ1v) is 7.52. The number of carbonyl (C=O) groups is 1. The molecule has 0 aromatic heterocycles. The normalized spacial score (nSPS) is 19.6. The first-order chi connectivity index (χ1) is 8.44. The quantitative estimate of drug-likeness (QED) is 0.765. The predicted molar refractivity (Wildman–Crippen MR) is 76.6 cm³/mol. The fraction of sp³-hybridized carbons (Fsp3) is 0.933. The van der Waals surface area contributed by atoms with Gasteiger partial charge in [-0.25, -0.2) is 0 Å². The van der Waals surface area contributed by atoms with Crippen molar-refractivity contribution in [1.82, 2.24) is 10.6 Å². The van der Waals surface area contributed by atoms with Crippen LogP contribution in [0, 0.1) is 0 Å². The Morgan fingerprint density at radius 3 is 2.44 bits per heavy atom. The molecule has 1 fully saturated rings. The van der Waals surface area contributed by atoms with Crippen LogP contribution >= 0.6 is 0 Å². The summed E-state index contributed by atoms with van der Waals surface area (Å²) in [5.41, 5.74) is 0.0398. The fourth-order valence-corrected chi connectivity index (χ4v) is 2.92. The Morgan fingerprint density at radius 1 is 1.28 bits per heavy atom. The van der Waals surface area contributed by atoms with Crippen LogP contribution in [0.25, 0.3) is 0 Å². The minimum atomic E-state index is -0.103. The number of carbonyl (C=O) groups excluding carboxylic acids is 1. The maximum atomic E-state index is 12.1. The molecule has 1 aliphatic carbocycles. The van der Waals surface area contributed by atoms with Gasteiger partial charge in [-0.3, -0.25) is 4.79 Å². The van der Waals surface area contributed by atoms with Gasteiger partial charge in [0.25, 0.3) is 0 Å². The summed E-state index contributed by atoms with van der Waals surface area (Å²) in [7, 11) is 0. The van der Waals surface area contributed by atoms with E-state index in [9.17, 15) is 4.79 Å². The van der Waals surface area contributed by atoms with Crippen molar-refractivity contribution in [2.24, 2.45) is 0 Å². The highest BCUT2D eigenvalue weighted by Gasteiger charge is 2.24. The highest BCUT2D eigenvalue weighted by Crippen LogP contribution is 2.17. The monoisotopic (exact) mass is 254 g/mol. The Bertz CT molecular complexity index is 257. The van der Waals surface area contributed by atoms with Crippen molar-refractivity contribution in [2.75, 3.05) is 0 Å². The van der Waals surface area contributed by atoms with Gasteiger partial charge >= 0.3 is 0 Å². The zero-order chi connectivity index (χ0) is 13.6. The summed E-state index contributed by atoms with van der Waals surface area (Å²) in [5.74, 6) is 0.158. The smallest absolute Gasteiger partial charge is 0.237 e. The van der Waals surface area contributed by atoms with Gasteiger partial charge in [0.15, 0.2) is 0 Å². The van der Waals surface area contributed by atoms with E-state index >= 15 is 0 Å². The molecule has 1 saturated carbocycles. The SMILES string of the molecule is CCCC(C)(C)NC(C)C(=O)NC1CCCCC1. The van der Waals surface area contributed by atoms with E-state index in [0.717, 1.165) is 25.7 Å². The summed E-state index contributed by atoms with van der Waals surface area (Å²) in [6.45, 7) is 8.48. The largest absolute Gasteiger partial charge is 0.352 e. The van der Waals surface area contributed by atoms with Crippen LogP contribution in [-0.4, -0.2) is 23.5 Å². The van der Waals surface area contributed by atoms with Crippen molar-refractivity contribution in [3.05, 3.63) is 0 Å². The minimum absolute atomic E-state index is 0.0398. The molecule has 1 unspecified atom stereocenters. The minimum Gasteiger partial charge on any atom is -0.352 e. The molecule has 0 radical (unpaired) electrons. The molecule has 0 aromatic rings. The van der Waals surface area contributed by atoms with Crippen molar-refractivity contribution in [1.29, 1.82) is 0 Å². The van der Waals surface area contributed by atoms with Crippen molar-refractivity contribution in [3.63, 3.8) is 0 Å². The predicted octanol–water partition coefficient (Wildman–Crippen LogP) is 2.99. The van der Waals surface area contributed by atoms with Gasteiger partial charge in [0, 0.05) is 11.6 Å². The van der Waals surface area contributed by atoms with Gasteiger partial charge in [0.05, 0.1) is 6.04 Å². The van der Waals surface area contributed by atoms with Crippen LogP contribution in [0.15, 0.2) is 0 Å². The molecule has 1 rings (SSSR count). The van der Waals surface area contributed by atoms with Gasteiger partial charge in [-0.05, 0) is 40.0 Å². The van der Waals surface area contributed by atoms with E-state index in [0.29, 0.717) is 6.04 Å². The molecule has 3 nitrogen and oxygen atoms in total. The maximum Gasteiger partial charge on any atom is 0.237 e. The van der Waals surface area contributed by atoms with E-state index in [1.165, 1.54) is 19.3 Å². The van der Waals surface area contributed by atoms with Gasteiger partial charge in [-0.1, -0.05) is 32.6 Å². The van der Waals surface area contributed by atoms with E-state index < -0.39 is 0 Å². The van der Waals surface area contributed by atoms with Crippen LogP contribution < -0.4 is 10.6 Å². The topological polar surface area (TPSA) is 41.1 Å². The number of amides is 1. The Morgan fingerprint density at radius 2 is 1.89 bits per heavy atom. The van der Waals surface area contributed by atoms with Crippen molar-refractivity contribution >= 4 is 5.91 Å². The third kappa shape index (κ3) is 5.38. The number of rotatable bonds is 6. The molecule has 1 aliphatic rings. The Labute approximate surface area is 112 Å². The second-order valence-corrected chi connectivity index (χ2v) is 6.34. The average Bonchev–Trinajstić information content (AvgIpc) is 2.29. The van der Waals surface area contributed by atoms with Crippen LogP contribution in [0.3, 0.4) is 0 Å². The molecular formula is C15H30N2O. The second-order valence-electron chi connectivity index (χ2n) is 6.34. The van der Waals surface area contributed by atoms with Crippen molar-refractivity contribution in [2.45, 2.75) is 90.3 Å². The second kappa shape index (κ2) is 7.13. The van der Waals surface area contributed by atoms with E-state index in [-0.39, 0.29) is 17.5 Å². The Balaban J connectivity index is 2.35. The average molecular weight is 254 g/mol. The summed E-state index contributed by atoms with van der Waals surface area (Å²) >= 11 is 0. The molecule has 0 bridgehead atoms. The number of hydrogen-bond acceptors (Lipinski definition) is 2. The maximum absolute atomic E-state index is 12.1. The summed E-state index contributed by atoms with van der Waals surface area (Å²) in [6, 6.07) is 0.304. The molecule has 1 amide bonds. The third-order valence-electron chi connectivity index (χ3n) is 3.83. The first kappa shape index (κ1) is 15.5. The summed E-state index contributed by atoms with van der Waals surface area (Å²) < 4.78 is 0. The summed E-state index contributed by atoms with van der Waals surface area (Å²) in [6.07, 6.45) is 8.37. The molecular weight excluding hydrogens is 224 g/mol. The molecule has 0 heterocycles. The van der Waals surface area contributed by atoms with Crippen molar-refractivity contribution in [3.8, 4) is 0 Å². The lowest BCUT2D eigenvalue weighted by atomic mass is 9.95. The lowest BCUT2D eigenvalue weighted by Gasteiger charge is -2.31. The summed E-state index contributed by atoms with van der Waals surface area (Å²) in [4.78, 5) is 12.1. The highest BCUT2D eigenvalue weighted by molar-refractivity contribution is 5.81. The molecule has 0 aromatic carbocycles. The molecule has 2 N–H and O–H groups in total. The zero-order valence-corrected chi connectivity index (χ0v) is 12.5. The Hall–Kier alpha value is -0.570. The fourth-order valence-electron chi connectivity index (χ4n) is 2.92. The molecule has 18 heavy (non-hydrogen) atoms. The lowest BCUT2D eigenvalue weighted by molar-refractivity contribution is -0.124. The molecule has 1 atom stereocenters.